The summed E-state index contributed by atoms with van der Waals surface area (Å²) in [5.74, 6) is -0.245. The minimum atomic E-state index is -5.06. The van der Waals surface area contributed by atoms with Gasteiger partial charge < -0.3 is 24.3 Å². The van der Waals surface area contributed by atoms with Crippen LogP contribution in [-0.4, -0.2) is 69.6 Å². The molecular formula is C32H32F3N3O7. The fourth-order valence-corrected chi connectivity index (χ4v) is 5.75. The number of alkyl halides is 3. The highest BCUT2D eigenvalue weighted by atomic mass is 19.4. The number of piperidine rings is 1. The molecule has 1 aliphatic heterocycles. The number of aromatic nitrogens is 1. The zero-order valence-electron chi connectivity index (χ0n) is 24.4. The summed E-state index contributed by atoms with van der Waals surface area (Å²) in [6.45, 7) is -0.225. The van der Waals surface area contributed by atoms with Crippen LogP contribution in [0.1, 0.15) is 29.5 Å². The van der Waals surface area contributed by atoms with Gasteiger partial charge in [-0.2, -0.15) is 13.2 Å². The number of nitro benzene ring substituents is 1. The summed E-state index contributed by atoms with van der Waals surface area (Å²) in [5, 5.41) is 32.2. The molecule has 0 radical (unpaired) electrons. The number of carboxylic acids is 1. The number of rotatable bonds is 11. The molecular weight excluding hydrogens is 595 g/mol. The van der Waals surface area contributed by atoms with Crippen LogP contribution >= 0.6 is 0 Å². The average molecular weight is 628 g/mol. The van der Waals surface area contributed by atoms with Crippen molar-refractivity contribution in [1.82, 2.24) is 9.47 Å². The smallest absolute Gasteiger partial charge is 0.422 e. The summed E-state index contributed by atoms with van der Waals surface area (Å²) in [6.07, 6.45) is -3.70. The number of ether oxygens (including phenoxy) is 2. The first-order chi connectivity index (χ1) is 21.4. The number of likely N-dealkylation sites (tertiary alicyclic amines) is 1. The summed E-state index contributed by atoms with van der Waals surface area (Å²) < 4.78 is 57.4. The summed E-state index contributed by atoms with van der Waals surface area (Å²) in [5.41, 5.74) is -2.43. The fraction of sp³-hybridized carbons (Fsp3) is 0.344. The quantitative estimate of drug-likeness (QED) is 0.164. The number of halogens is 3. The van der Waals surface area contributed by atoms with E-state index in [-0.39, 0.29) is 54.3 Å². The molecule has 0 saturated carbocycles. The molecule has 1 aromatic heterocycles. The van der Waals surface area contributed by atoms with Gasteiger partial charge in [0.25, 0.3) is 5.69 Å². The number of nitrogens with zero attached hydrogens (tertiary/aromatic N) is 3. The molecule has 10 nitrogen and oxygen atoms in total. The van der Waals surface area contributed by atoms with Crippen LogP contribution in [0, 0.1) is 10.1 Å². The van der Waals surface area contributed by atoms with Crippen molar-refractivity contribution in [2.24, 2.45) is 0 Å². The molecule has 2 N–H and O–H groups in total. The lowest BCUT2D eigenvalue weighted by Crippen LogP contribution is -2.53. The molecule has 0 bridgehead atoms. The van der Waals surface area contributed by atoms with Crippen LogP contribution in [0.2, 0.25) is 0 Å². The van der Waals surface area contributed by atoms with Crippen molar-refractivity contribution >= 4 is 22.6 Å². The summed E-state index contributed by atoms with van der Waals surface area (Å²) in [7, 11) is 1.45. The highest BCUT2D eigenvalue weighted by molar-refractivity contribution is 5.87. The number of benzene rings is 3. The Morgan fingerprint density at radius 2 is 1.73 bits per heavy atom. The van der Waals surface area contributed by atoms with Crippen molar-refractivity contribution in [2.45, 2.75) is 43.7 Å². The van der Waals surface area contributed by atoms with E-state index in [0.29, 0.717) is 29.9 Å². The van der Waals surface area contributed by atoms with Gasteiger partial charge in [0.05, 0.1) is 24.0 Å². The van der Waals surface area contributed by atoms with E-state index in [4.69, 9.17) is 14.6 Å². The number of non-ortho nitro benzene ring substituents is 1. The number of hydrogen-bond donors (Lipinski definition) is 2. The highest BCUT2D eigenvalue weighted by Crippen LogP contribution is 2.44. The first-order valence-corrected chi connectivity index (χ1v) is 14.3. The standard InChI is InChI=1S/C32H32F3N3O7/c1-44-28-10-7-22(16-30(39)40)15-29(28)45-24-11-13-36(14-12-24)20-31(41,32(33,34)35)26-19-37(18-21-5-3-2-4-6-21)27-17-23(38(42)43)8-9-25(26)27/h2-10,15,17,19,24,41H,11-14,16,18,20H2,1H3,(H,39,40). The zero-order valence-corrected chi connectivity index (χ0v) is 24.4. The molecule has 4 aromatic rings. The van der Waals surface area contributed by atoms with Crippen LogP contribution in [0.4, 0.5) is 18.9 Å². The Balaban J connectivity index is 1.39. The SMILES string of the molecule is COc1ccc(CC(=O)O)cc1OC1CCN(CC(O)(c2cn(Cc3ccccc3)c3cc([N+](=O)[O-])ccc23)C(F)(F)F)CC1. The molecule has 1 fully saturated rings. The number of aliphatic carboxylic acids is 1. The lowest BCUT2D eigenvalue weighted by molar-refractivity contribution is -0.384. The molecule has 1 saturated heterocycles. The second kappa shape index (κ2) is 12.8. The lowest BCUT2D eigenvalue weighted by atomic mass is 9.91. The third-order valence-corrected chi connectivity index (χ3v) is 8.05. The van der Waals surface area contributed by atoms with Crippen LogP contribution < -0.4 is 9.47 Å². The van der Waals surface area contributed by atoms with Gasteiger partial charge in [-0.1, -0.05) is 36.4 Å². The molecule has 238 valence electrons. The predicted molar refractivity (Wildman–Crippen MR) is 159 cm³/mol. The molecule has 45 heavy (non-hydrogen) atoms. The molecule has 1 atom stereocenters. The van der Waals surface area contributed by atoms with Gasteiger partial charge in [-0.05, 0) is 42.2 Å². The monoisotopic (exact) mass is 627 g/mol. The van der Waals surface area contributed by atoms with Crippen molar-refractivity contribution in [1.29, 1.82) is 0 Å². The Kier molecular flexibility index (Phi) is 9.03. The summed E-state index contributed by atoms with van der Waals surface area (Å²) >= 11 is 0. The number of methoxy groups -OCH3 is 1. The van der Waals surface area contributed by atoms with Gasteiger partial charge >= 0.3 is 12.1 Å². The summed E-state index contributed by atoms with van der Waals surface area (Å²) in [6, 6.07) is 17.4. The van der Waals surface area contributed by atoms with Gasteiger partial charge in [0.15, 0.2) is 11.5 Å². The number of carboxylic acid groups (broad SMARTS) is 1. The third kappa shape index (κ3) is 6.89. The maximum Gasteiger partial charge on any atom is 0.422 e. The molecule has 2 heterocycles. The Labute approximate surface area is 256 Å². The number of fused-ring (bicyclic) bond motifs is 1. The van der Waals surface area contributed by atoms with Crippen molar-refractivity contribution in [3.63, 3.8) is 0 Å². The molecule has 3 aromatic carbocycles. The first kappa shape index (κ1) is 31.8. The van der Waals surface area contributed by atoms with Crippen LogP contribution in [-0.2, 0) is 23.4 Å². The predicted octanol–water partition coefficient (Wildman–Crippen LogP) is 5.53. The van der Waals surface area contributed by atoms with Crippen LogP contribution in [0.25, 0.3) is 10.9 Å². The minimum Gasteiger partial charge on any atom is -0.493 e. The van der Waals surface area contributed by atoms with Crippen LogP contribution in [0.15, 0.2) is 72.9 Å². The van der Waals surface area contributed by atoms with Gasteiger partial charge in [-0.15, -0.1) is 0 Å². The second-order valence-corrected chi connectivity index (χ2v) is 11.1. The van der Waals surface area contributed by atoms with Gasteiger partial charge in [-0.3, -0.25) is 19.8 Å². The van der Waals surface area contributed by atoms with E-state index in [1.54, 1.807) is 48.5 Å². The van der Waals surface area contributed by atoms with Gasteiger partial charge in [0, 0.05) is 55.5 Å². The third-order valence-electron chi connectivity index (χ3n) is 8.05. The van der Waals surface area contributed by atoms with E-state index in [0.717, 1.165) is 11.6 Å². The van der Waals surface area contributed by atoms with E-state index >= 15 is 0 Å². The molecule has 1 aliphatic rings. The summed E-state index contributed by atoms with van der Waals surface area (Å²) in [4.78, 5) is 23.5. The Morgan fingerprint density at radius 1 is 1.02 bits per heavy atom. The molecule has 5 rings (SSSR count). The highest BCUT2D eigenvalue weighted by Gasteiger charge is 2.57. The number of carbonyl (C=O) groups is 1. The molecule has 0 aliphatic carbocycles. The maximum absolute atomic E-state index is 14.8. The van der Waals surface area contributed by atoms with Gasteiger partial charge in [0.2, 0.25) is 5.60 Å². The van der Waals surface area contributed by atoms with E-state index in [9.17, 15) is 33.2 Å². The number of nitro groups is 1. The van der Waals surface area contributed by atoms with Crippen molar-refractivity contribution in [3.8, 4) is 11.5 Å². The van der Waals surface area contributed by atoms with Gasteiger partial charge in [0.1, 0.15) is 6.10 Å². The number of β-amino-alcohol motifs (C(OH)–C–C–N with tert-alkyl or cyclic N) is 1. The van der Waals surface area contributed by atoms with Crippen molar-refractivity contribution in [2.75, 3.05) is 26.7 Å². The van der Waals surface area contributed by atoms with Gasteiger partial charge in [-0.25, -0.2) is 0 Å². The Bertz CT molecular complexity index is 1680. The Hall–Kier alpha value is -4.62. The van der Waals surface area contributed by atoms with E-state index in [1.165, 1.54) is 34.9 Å². The Morgan fingerprint density at radius 3 is 2.36 bits per heavy atom. The molecule has 0 amide bonds. The van der Waals surface area contributed by atoms with Crippen LogP contribution in [0.3, 0.4) is 0 Å². The largest absolute Gasteiger partial charge is 0.493 e. The van der Waals surface area contributed by atoms with Crippen LogP contribution in [0.5, 0.6) is 11.5 Å². The zero-order chi connectivity index (χ0) is 32.4. The number of aliphatic hydroxyl groups is 1. The molecule has 0 spiro atoms. The topological polar surface area (TPSA) is 127 Å². The normalized spacial score (nSPS) is 15.9. The fourth-order valence-electron chi connectivity index (χ4n) is 5.75. The first-order valence-electron chi connectivity index (χ1n) is 14.3. The number of hydrogen-bond acceptors (Lipinski definition) is 7. The lowest BCUT2D eigenvalue weighted by Gasteiger charge is -2.39. The van der Waals surface area contributed by atoms with E-state index in [1.807, 2.05) is 0 Å². The van der Waals surface area contributed by atoms with E-state index in [2.05, 4.69) is 0 Å². The van der Waals surface area contributed by atoms with Crippen molar-refractivity contribution in [3.05, 3.63) is 99.7 Å². The van der Waals surface area contributed by atoms with E-state index < -0.39 is 29.2 Å². The maximum atomic E-state index is 14.8. The minimum absolute atomic E-state index is 0.0721. The molecule has 13 heteroatoms. The average Bonchev–Trinajstić information content (AvgIpc) is 3.36. The van der Waals surface area contributed by atoms with Crippen molar-refractivity contribution < 1.29 is 42.6 Å². The second-order valence-electron chi connectivity index (χ2n) is 11.1. The molecule has 1 unspecified atom stereocenters.